The van der Waals surface area contributed by atoms with Crippen LogP contribution in [0.2, 0.25) is 0 Å². The van der Waals surface area contributed by atoms with E-state index in [1.165, 1.54) is 19.3 Å². The summed E-state index contributed by atoms with van der Waals surface area (Å²) < 4.78 is 5.89. The molecule has 0 radical (unpaired) electrons. The van der Waals surface area contributed by atoms with Crippen LogP contribution in [-0.4, -0.2) is 54.3 Å². The predicted octanol–water partition coefficient (Wildman–Crippen LogP) is 2.10. The molecule has 1 aliphatic heterocycles. The molecule has 6 heteroatoms. The molecule has 2 aliphatic rings. The van der Waals surface area contributed by atoms with Gasteiger partial charge in [-0.25, -0.2) is 0 Å². The van der Waals surface area contributed by atoms with Crippen molar-refractivity contribution in [1.82, 2.24) is 15.1 Å². The second kappa shape index (κ2) is 7.15. The van der Waals surface area contributed by atoms with E-state index in [0.717, 1.165) is 31.6 Å². The molecule has 0 aromatic carbocycles. The Morgan fingerprint density at radius 1 is 1.17 bits per heavy atom. The molecule has 1 atom stereocenters. The summed E-state index contributed by atoms with van der Waals surface area (Å²) in [4.78, 5) is 16.4. The van der Waals surface area contributed by atoms with E-state index in [0.29, 0.717) is 18.3 Å². The highest BCUT2D eigenvalue weighted by atomic mass is 16.5. The van der Waals surface area contributed by atoms with Gasteiger partial charge in [-0.15, -0.1) is 10.2 Å². The maximum absolute atomic E-state index is 12.6. The Kier molecular flexibility index (Phi) is 4.98. The fraction of sp³-hybridized carbons (Fsp3) is 0.706. The summed E-state index contributed by atoms with van der Waals surface area (Å²) in [6, 6.07) is 3.73. The van der Waals surface area contributed by atoms with Crippen LogP contribution in [0.3, 0.4) is 0 Å². The van der Waals surface area contributed by atoms with E-state index in [2.05, 4.69) is 10.2 Å². The van der Waals surface area contributed by atoms with Crippen molar-refractivity contribution in [3.05, 3.63) is 12.1 Å². The third-order valence-corrected chi connectivity index (χ3v) is 4.78. The van der Waals surface area contributed by atoms with Gasteiger partial charge < -0.3 is 14.5 Å². The molecular formula is C17H26N4O2. The van der Waals surface area contributed by atoms with Gasteiger partial charge in [0, 0.05) is 39.0 Å². The van der Waals surface area contributed by atoms with Gasteiger partial charge in [0.25, 0.3) is 0 Å². The van der Waals surface area contributed by atoms with Crippen molar-refractivity contribution < 1.29 is 9.53 Å². The van der Waals surface area contributed by atoms with Crippen LogP contribution in [0.5, 0.6) is 5.88 Å². The van der Waals surface area contributed by atoms with Crippen LogP contribution in [-0.2, 0) is 4.79 Å². The quantitative estimate of drug-likeness (QED) is 0.851. The number of likely N-dealkylation sites (tertiary alicyclic amines) is 1. The molecule has 6 nitrogen and oxygen atoms in total. The monoisotopic (exact) mass is 318 g/mol. The van der Waals surface area contributed by atoms with E-state index in [1.807, 2.05) is 36.0 Å². The largest absolute Gasteiger partial charge is 0.471 e. The van der Waals surface area contributed by atoms with Gasteiger partial charge in [0.2, 0.25) is 11.8 Å². The summed E-state index contributed by atoms with van der Waals surface area (Å²) in [7, 11) is 3.85. The van der Waals surface area contributed by atoms with E-state index in [9.17, 15) is 4.79 Å². The Balaban J connectivity index is 1.52. The summed E-state index contributed by atoms with van der Waals surface area (Å²) in [6.45, 7) is 1.47. The molecule has 126 valence electrons. The number of amides is 1. The molecule has 0 spiro atoms. The van der Waals surface area contributed by atoms with Crippen molar-refractivity contribution >= 4 is 11.7 Å². The Morgan fingerprint density at radius 2 is 1.96 bits per heavy atom. The van der Waals surface area contributed by atoms with E-state index in [-0.39, 0.29) is 12.0 Å². The number of nitrogens with zero attached hydrogens (tertiary/aromatic N) is 4. The zero-order chi connectivity index (χ0) is 16.2. The maximum Gasteiger partial charge on any atom is 0.233 e. The van der Waals surface area contributed by atoms with Crippen molar-refractivity contribution in [2.24, 2.45) is 5.92 Å². The predicted molar refractivity (Wildman–Crippen MR) is 88.5 cm³/mol. The topological polar surface area (TPSA) is 58.6 Å². The normalized spacial score (nSPS) is 22.2. The summed E-state index contributed by atoms with van der Waals surface area (Å²) in [5.41, 5.74) is 0. The second-order valence-corrected chi connectivity index (χ2v) is 6.77. The fourth-order valence-corrected chi connectivity index (χ4v) is 3.42. The molecule has 1 aromatic rings. The minimum atomic E-state index is 0.0297. The lowest BCUT2D eigenvalue weighted by atomic mass is 9.88. The molecule has 1 saturated carbocycles. The first-order valence-corrected chi connectivity index (χ1v) is 8.60. The van der Waals surface area contributed by atoms with Crippen LogP contribution in [0.25, 0.3) is 0 Å². The highest BCUT2D eigenvalue weighted by molar-refractivity contribution is 5.79. The van der Waals surface area contributed by atoms with Gasteiger partial charge in [-0.1, -0.05) is 19.3 Å². The van der Waals surface area contributed by atoms with Crippen LogP contribution in [0.15, 0.2) is 12.1 Å². The summed E-state index contributed by atoms with van der Waals surface area (Å²) >= 11 is 0. The molecule has 1 saturated heterocycles. The third-order valence-electron chi connectivity index (χ3n) is 4.78. The summed E-state index contributed by atoms with van der Waals surface area (Å²) in [5, 5.41) is 8.22. The first-order valence-electron chi connectivity index (χ1n) is 8.60. The molecule has 2 heterocycles. The molecule has 0 bridgehead atoms. The van der Waals surface area contributed by atoms with Gasteiger partial charge in [-0.2, -0.15) is 0 Å². The molecule has 3 rings (SSSR count). The summed E-state index contributed by atoms with van der Waals surface area (Å²) in [6.07, 6.45) is 6.67. The van der Waals surface area contributed by atoms with E-state index < -0.39 is 0 Å². The number of anilines is 1. The fourth-order valence-electron chi connectivity index (χ4n) is 3.42. The molecule has 2 fully saturated rings. The number of rotatable bonds is 4. The number of carbonyl (C=O) groups excluding carboxylic acids is 1. The zero-order valence-electron chi connectivity index (χ0n) is 14.1. The van der Waals surface area contributed by atoms with Gasteiger partial charge in [-0.3, -0.25) is 4.79 Å². The van der Waals surface area contributed by atoms with Crippen LogP contribution < -0.4 is 9.64 Å². The number of ether oxygens (including phenoxy) is 1. The summed E-state index contributed by atoms with van der Waals surface area (Å²) in [5.74, 6) is 1.90. The number of carbonyl (C=O) groups is 1. The Hall–Kier alpha value is -1.85. The Bertz CT molecular complexity index is 526. The van der Waals surface area contributed by atoms with E-state index in [4.69, 9.17) is 4.74 Å². The average Bonchev–Trinajstić information content (AvgIpc) is 3.04. The molecule has 0 N–H and O–H groups in total. The van der Waals surface area contributed by atoms with Crippen LogP contribution in [0.4, 0.5) is 5.82 Å². The van der Waals surface area contributed by atoms with E-state index >= 15 is 0 Å². The lowest BCUT2D eigenvalue weighted by Gasteiger charge is -2.26. The number of aromatic nitrogens is 2. The SMILES string of the molecule is CN(C)c1ccc(OC2CCN(C(=O)C3CCCCC3)C2)nn1. The number of hydrogen-bond acceptors (Lipinski definition) is 5. The van der Waals surface area contributed by atoms with Crippen LogP contribution >= 0.6 is 0 Å². The molecule has 1 aromatic heterocycles. The lowest BCUT2D eigenvalue weighted by molar-refractivity contribution is -0.135. The highest BCUT2D eigenvalue weighted by Crippen LogP contribution is 2.27. The van der Waals surface area contributed by atoms with Crippen molar-refractivity contribution in [3.8, 4) is 5.88 Å². The van der Waals surface area contributed by atoms with Crippen molar-refractivity contribution in [3.63, 3.8) is 0 Å². The minimum absolute atomic E-state index is 0.0297. The smallest absolute Gasteiger partial charge is 0.233 e. The Labute approximate surface area is 137 Å². The Morgan fingerprint density at radius 3 is 2.61 bits per heavy atom. The van der Waals surface area contributed by atoms with Gasteiger partial charge in [0.05, 0.1) is 6.54 Å². The lowest BCUT2D eigenvalue weighted by Crippen LogP contribution is -2.36. The maximum atomic E-state index is 12.6. The third kappa shape index (κ3) is 3.92. The minimum Gasteiger partial charge on any atom is -0.471 e. The van der Waals surface area contributed by atoms with E-state index in [1.54, 1.807) is 0 Å². The first kappa shape index (κ1) is 16.0. The molecule has 1 aliphatic carbocycles. The zero-order valence-corrected chi connectivity index (χ0v) is 14.1. The van der Waals surface area contributed by atoms with Gasteiger partial charge in [-0.05, 0) is 18.9 Å². The first-order chi connectivity index (χ1) is 11.1. The van der Waals surface area contributed by atoms with Crippen LogP contribution in [0, 0.1) is 5.92 Å². The molecule has 23 heavy (non-hydrogen) atoms. The highest BCUT2D eigenvalue weighted by Gasteiger charge is 2.32. The van der Waals surface area contributed by atoms with Gasteiger partial charge in [0.1, 0.15) is 6.10 Å². The molecule has 1 amide bonds. The number of hydrogen-bond donors (Lipinski definition) is 0. The van der Waals surface area contributed by atoms with Crippen molar-refractivity contribution in [2.75, 3.05) is 32.1 Å². The van der Waals surface area contributed by atoms with Crippen LogP contribution in [0.1, 0.15) is 38.5 Å². The standard InChI is InChI=1S/C17H26N4O2/c1-20(2)15-8-9-16(19-18-15)23-14-10-11-21(12-14)17(22)13-6-4-3-5-7-13/h8-9,13-14H,3-7,10-12H2,1-2H3. The van der Waals surface area contributed by atoms with Gasteiger partial charge >= 0.3 is 0 Å². The average molecular weight is 318 g/mol. The van der Waals surface area contributed by atoms with Crippen molar-refractivity contribution in [1.29, 1.82) is 0 Å². The molecule has 1 unspecified atom stereocenters. The second-order valence-electron chi connectivity index (χ2n) is 6.77. The van der Waals surface area contributed by atoms with Crippen molar-refractivity contribution in [2.45, 2.75) is 44.6 Å². The van der Waals surface area contributed by atoms with Gasteiger partial charge in [0.15, 0.2) is 5.82 Å². The molecular weight excluding hydrogens is 292 g/mol.